The van der Waals surface area contributed by atoms with Crippen LogP contribution in [0.1, 0.15) is 12.5 Å². The number of nitrogens with two attached hydrogens (primary N) is 1. The quantitative estimate of drug-likeness (QED) is 0.775. The maximum absolute atomic E-state index is 10.8. The number of amides is 1. The first kappa shape index (κ1) is 13.5. The molecule has 0 saturated carbocycles. The normalized spacial score (nSPS) is 12.4. The van der Waals surface area contributed by atoms with Crippen molar-refractivity contribution in [3.8, 4) is 5.75 Å². The number of hydrogen-bond acceptors (Lipinski definition) is 3. The van der Waals surface area contributed by atoms with Crippen LogP contribution in [-0.2, 0) is 11.3 Å². The third-order valence-electron chi connectivity index (χ3n) is 2.12. The molecule has 88 valence electrons. The van der Waals surface area contributed by atoms with Crippen LogP contribution in [0.15, 0.2) is 21.1 Å². The van der Waals surface area contributed by atoms with Crippen molar-refractivity contribution in [3.63, 3.8) is 0 Å². The van der Waals surface area contributed by atoms with Gasteiger partial charge in [-0.15, -0.1) is 0 Å². The van der Waals surface area contributed by atoms with Gasteiger partial charge in [-0.3, -0.25) is 4.79 Å². The van der Waals surface area contributed by atoms with Crippen molar-refractivity contribution >= 4 is 37.8 Å². The van der Waals surface area contributed by atoms with Crippen LogP contribution in [0.5, 0.6) is 5.75 Å². The minimum Gasteiger partial charge on any atom is -0.506 e. The fourth-order valence-corrected chi connectivity index (χ4v) is 2.37. The van der Waals surface area contributed by atoms with Crippen LogP contribution < -0.4 is 11.1 Å². The van der Waals surface area contributed by atoms with E-state index in [1.165, 1.54) is 0 Å². The highest BCUT2D eigenvalue weighted by atomic mass is 79.9. The second-order valence-corrected chi connectivity index (χ2v) is 5.12. The summed E-state index contributed by atoms with van der Waals surface area (Å²) < 4.78 is 1.20. The Balaban J connectivity index is 2.72. The van der Waals surface area contributed by atoms with Gasteiger partial charge < -0.3 is 16.2 Å². The van der Waals surface area contributed by atoms with E-state index >= 15 is 0 Å². The number of hydrogen-bond donors (Lipinski definition) is 3. The zero-order valence-electron chi connectivity index (χ0n) is 8.63. The molecule has 0 heterocycles. The number of phenolic OH excluding ortho intramolecular Hbond substituents is 1. The van der Waals surface area contributed by atoms with E-state index in [2.05, 4.69) is 37.2 Å². The zero-order chi connectivity index (χ0) is 12.3. The average molecular weight is 352 g/mol. The summed E-state index contributed by atoms with van der Waals surface area (Å²) in [5.41, 5.74) is 6.06. The molecule has 1 rings (SSSR count). The highest BCUT2D eigenvalue weighted by Crippen LogP contribution is 2.33. The molecule has 4 N–H and O–H groups in total. The third kappa shape index (κ3) is 3.47. The predicted octanol–water partition coefficient (Wildman–Crippen LogP) is 1.88. The van der Waals surface area contributed by atoms with Gasteiger partial charge in [-0.1, -0.05) is 0 Å². The van der Waals surface area contributed by atoms with E-state index in [0.29, 0.717) is 15.5 Å². The Labute approximate surface area is 110 Å². The first-order chi connectivity index (χ1) is 7.41. The van der Waals surface area contributed by atoms with Crippen LogP contribution in [0.3, 0.4) is 0 Å². The maximum Gasteiger partial charge on any atom is 0.234 e. The molecule has 0 aromatic heterocycles. The minimum absolute atomic E-state index is 0.159. The van der Waals surface area contributed by atoms with E-state index in [1.54, 1.807) is 19.1 Å². The fourth-order valence-electron chi connectivity index (χ4n) is 1.09. The lowest BCUT2D eigenvalue weighted by molar-refractivity contribution is -0.119. The van der Waals surface area contributed by atoms with Crippen molar-refractivity contribution < 1.29 is 9.90 Å². The second kappa shape index (κ2) is 5.65. The monoisotopic (exact) mass is 350 g/mol. The van der Waals surface area contributed by atoms with Gasteiger partial charge in [0.15, 0.2) is 0 Å². The summed E-state index contributed by atoms with van der Waals surface area (Å²) in [6.45, 7) is 2.20. The Morgan fingerprint density at radius 3 is 2.44 bits per heavy atom. The molecule has 4 nitrogen and oxygen atoms in total. The van der Waals surface area contributed by atoms with Gasteiger partial charge >= 0.3 is 0 Å². The third-order valence-corrected chi connectivity index (χ3v) is 3.32. The molecule has 0 aliphatic rings. The van der Waals surface area contributed by atoms with E-state index in [0.717, 1.165) is 5.56 Å². The number of carbonyl (C=O) groups is 1. The Bertz CT molecular complexity index is 387. The zero-order valence-corrected chi connectivity index (χ0v) is 11.8. The molecule has 6 heteroatoms. The van der Waals surface area contributed by atoms with Crippen LogP contribution in [0.25, 0.3) is 0 Å². The van der Waals surface area contributed by atoms with Gasteiger partial charge in [0.25, 0.3) is 0 Å². The summed E-state index contributed by atoms with van der Waals surface area (Å²) in [5, 5.41) is 12.5. The average Bonchev–Trinajstić information content (AvgIpc) is 2.22. The summed E-state index contributed by atoms with van der Waals surface area (Å²) in [6, 6.07) is 3.17. The molecule has 0 aliphatic heterocycles. The molecule has 1 atom stereocenters. The van der Waals surface area contributed by atoms with Gasteiger partial charge in [-0.25, -0.2) is 0 Å². The van der Waals surface area contributed by atoms with Gasteiger partial charge in [0, 0.05) is 6.54 Å². The Morgan fingerprint density at radius 2 is 2.00 bits per heavy atom. The molecular formula is C10H12Br2N2O2. The SMILES string of the molecule is CC(NCc1cc(Br)c(O)c(Br)c1)C(N)=O. The lowest BCUT2D eigenvalue weighted by atomic mass is 10.2. The Morgan fingerprint density at radius 1 is 1.50 bits per heavy atom. The van der Waals surface area contributed by atoms with Crippen molar-refractivity contribution in [2.75, 3.05) is 0 Å². The second-order valence-electron chi connectivity index (χ2n) is 3.41. The maximum atomic E-state index is 10.8. The summed E-state index contributed by atoms with van der Waals surface area (Å²) in [7, 11) is 0. The van der Waals surface area contributed by atoms with E-state index in [1.807, 2.05) is 0 Å². The Kier molecular flexibility index (Phi) is 4.76. The fraction of sp³-hybridized carbons (Fsp3) is 0.300. The van der Waals surface area contributed by atoms with Gasteiger partial charge in [-0.05, 0) is 56.5 Å². The summed E-state index contributed by atoms with van der Waals surface area (Å²) in [6.07, 6.45) is 0. The molecule has 0 fully saturated rings. The van der Waals surface area contributed by atoms with Gasteiger partial charge in [0.1, 0.15) is 5.75 Å². The number of halogens is 2. The standard InChI is InChI=1S/C10H12Br2N2O2/c1-5(10(13)16)14-4-6-2-7(11)9(15)8(12)3-6/h2-3,5,14-15H,4H2,1H3,(H2,13,16). The molecule has 16 heavy (non-hydrogen) atoms. The highest BCUT2D eigenvalue weighted by Gasteiger charge is 2.09. The predicted molar refractivity (Wildman–Crippen MR) is 69.0 cm³/mol. The first-order valence-corrected chi connectivity index (χ1v) is 6.20. The largest absolute Gasteiger partial charge is 0.506 e. The molecule has 0 saturated heterocycles. The number of nitrogens with one attached hydrogen (secondary N) is 1. The molecule has 1 aromatic carbocycles. The molecular weight excluding hydrogens is 340 g/mol. The number of benzene rings is 1. The van der Waals surface area contributed by atoms with Crippen molar-refractivity contribution in [2.45, 2.75) is 19.5 Å². The number of carbonyl (C=O) groups excluding carboxylic acids is 1. The number of primary amides is 1. The van der Waals surface area contributed by atoms with Crippen molar-refractivity contribution in [1.82, 2.24) is 5.32 Å². The topological polar surface area (TPSA) is 75.3 Å². The molecule has 0 spiro atoms. The smallest absolute Gasteiger partial charge is 0.234 e. The van der Waals surface area contributed by atoms with Gasteiger partial charge in [-0.2, -0.15) is 0 Å². The lowest BCUT2D eigenvalue weighted by Gasteiger charge is -2.11. The molecule has 0 aliphatic carbocycles. The van der Waals surface area contributed by atoms with E-state index < -0.39 is 5.91 Å². The van der Waals surface area contributed by atoms with Gasteiger partial charge in [0.05, 0.1) is 15.0 Å². The van der Waals surface area contributed by atoms with Crippen molar-refractivity contribution in [2.24, 2.45) is 5.73 Å². The summed E-state index contributed by atoms with van der Waals surface area (Å²) in [5.74, 6) is -0.233. The van der Waals surface area contributed by atoms with E-state index in [9.17, 15) is 9.90 Å². The van der Waals surface area contributed by atoms with E-state index in [4.69, 9.17) is 5.73 Å². The first-order valence-electron chi connectivity index (χ1n) is 4.61. The molecule has 0 bridgehead atoms. The van der Waals surface area contributed by atoms with Crippen molar-refractivity contribution in [3.05, 3.63) is 26.6 Å². The summed E-state index contributed by atoms with van der Waals surface area (Å²) >= 11 is 6.47. The lowest BCUT2D eigenvalue weighted by Crippen LogP contribution is -2.38. The van der Waals surface area contributed by atoms with Crippen LogP contribution in [0, 0.1) is 0 Å². The van der Waals surface area contributed by atoms with Crippen molar-refractivity contribution in [1.29, 1.82) is 0 Å². The van der Waals surface area contributed by atoms with E-state index in [-0.39, 0.29) is 11.8 Å². The van der Waals surface area contributed by atoms with Crippen LogP contribution in [0.2, 0.25) is 0 Å². The summed E-state index contributed by atoms with van der Waals surface area (Å²) in [4.78, 5) is 10.8. The molecule has 0 radical (unpaired) electrons. The number of aromatic hydroxyl groups is 1. The van der Waals surface area contributed by atoms with Crippen LogP contribution >= 0.6 is 31.9 Å². The van der Waals surface area contributed by atoms with Gasteiger partial charge in [0.2, 0.25) is 5.91 Å². The number of phenols is 1. The Hall–Kier alpha value is -0.590. The molecule has 1 aromatic rings. The van der Waals surface area contributed by atoms with Crippen LogP contribution in [0.4, 0.5) is 0 Å². The number of rotatable bonds is 4. The minimum atomic E-state index is -0.392. The molecule has 1 amide bonds. The highest BCUT2D eigenvalue weighted by molar-refractivity contribution is 9.11. The molecule has 1 unspecified atom stereocenters. The van der Waals surface area contributed by atoms with Crippen LogP contribution in [-0.4, -0.2) is 17.1 Å².